The number of carbonyl (C=O) groups excluding carboxylic acids is 2. The van der Waals surface area contributed by atoms with Gasteiger partial charge < -0.3 is 29.5 Å². The van der Waals surface area contributed by atoms with E-state index in [0.29, 0.717) is 24.3 Å². The fraction of sp³-hybridized carbons (Fsp3) is 0.704. The number of esters is 2. The summed E-state index contributed by atoms with van der Waals surface area (Å²) >= 11 is 0. The van der Waals surface area contributed by atoms with Crippen LogP contribution in [-0.2, 0) is 23.8 Å². The Balaban J connectivity index is 5.60. The minimum Gasteiger partial charge on any atom is -0.469 e. The number of allylic oxidation sites excluding steroid dienone is 4. The Hall–Kier alpha value is -2.00. The standard InChI is InChI=1S/C27H46O8/c1-8-18(2)13-20(4)14-21(5)26(32)27(23(33-6)16-25(31)34-7)35-24(30)10-9-19(3)15-22(17-29)11-12-28/h8-10,15,20-23,26-29,32H,11-14,16-17H2,1-7H3/b10-9+,18-8+,19-15+/t20-,21+,22+,23+,26-,27+/m0/s1. The zero-order chi connectivity index (χ0) is 27.0. The molecule has 0 rings (SSSR count). The molecule has 0 aliphatic rings. The van der Waals surface area contributed by atoms with Crippen molar-refractivity contribution in [2.75, 3.05) is 27.4 Å². The van der Waals surface area contributed by atoms with E-state index in [9.17, 15) is 19.8 Å². The summed E-state index contributed by atoms with van der Waals surface area (Å²) in [5.74, 6) is -1.37. The maximum absolute atomic E-state index is 12.6. The minimum absolute atomic E-state index is 0.0516. The van der Waals surface area contributed by atoms with Gasteiger partial charge in [-0.2, -0.15) is 0 Å². The van der Waals surface area contributed by atoms with E-state index in [0.717, 1.165) is 6.42 Å². The van der Waals surface area contributed by atoms with Gasteiger partial charge in [0.25, 0.3) is 0 Å². The van der Waals surface area contributed by atoms with Crippen molar-refractivity contribution < 1.29 is 39.1 Å². The molecule has 0 bridgehead atoms. The van der Waals surface area contributed by atoms with Crippen molar-refractivity contribution >= 4 is 11.9 Å². The summed E-state index contributed by atoms with van der Waals surface area (Å²) in [7, 11) is 2.65. The van der Waals surface area contributed by atoms with Gasteiger partial charge in [-0.3, -0.25) is 4.79 Å². The maximum Gasteiger partial charge on any atom is 0.331 e. The Bertz CT molecular complexity index is 712. The lowest BCUT2D eigenvalue weighted by Gasteiger charge is -2.33. The van der Waals surface area contributed by atoms with E-state index in [2.05, 4.69) is 19.9 Å². The molecule has 0 unspecified atom stereocenters. The van der Waals surface area contributed by atoms with Crippen LogP contribution in [0.4, 0.5) is 0 Å². The zero-order valence-corrected chi connectivity index (χ0v) is 22.4. The number of carbonyl (C=O) groups is 2. The summed E-state index contributed by atoms with van der Waals surface area (Å²) < 4.78 is 15.8. The van der Waals surface area contributed by atoms with Crippen molar-refractivity contribution in [3.8, 4) is 0 Å². The second-order valence-electron chi connectivity index (χ2n) is 9.30. The normalized spacial score (nSPS) is 18.0. The molecule has 202 valence electrons. The fourth-order valence-electron chi connectivity index (χ4n) is 3.99. The highest BCUT2D eigenvalue weighted by Crippen LogP contribution is 2.26. The van der Waals surface area contributed by atoms with Crippen LogP contribution in [-0.4, -0.2) is 73.0 Å². The molecule has 0 radical (unpaired) electrons. The second-order valence-corrected chi connectivity index (χ2v) is 9.30. The van der Waals surface area contributed by atoms with Gasteiger partial charge in [-0.1, -0.05) is 43.2 Å². The Morgan fingerprint density at radius 2 is 1.69 bits per heavy atom. The third kappa shape index (κ3) is 13.6. The summed E-state index contributed by atoms with van der Waals surface area (Å²) in [6, 6.07) is 0. The maximum atomic E-state index is 12.6. The molecular formula is C27H46O8. The van der Waals surface area contributed by atoms with E-state index >= 15 is 0 Å². The lowest BCUT2D eigenvalue weighted by atomic mass is 9.85. The van der Waals surface area contributed by atoms with Gasteiger partial charge in [0.1, 0.15) is 6.10 Å². The number of hydrogen-bond acceptors (Lipinski definition) is 8. The summed E-state index contributed by atoms with van der Waals surface area (Å²) in [6.45, 7) is 9.65. The highest BCUT2D eigenvalue weighted by molar-refractivity contribution is 5.82. The molecule has 0 fully saturated rings. The van der Waals surface area contributed by atoms with E-state index in [1.807, 2.05) is 13.8 Å². The van der Waals surface area contributed by atoms with Crippen LogP contribution in [0.25, 0.3) is 0 Å². The number of aliphatic hydroxyl groups excluding tert-OH is 3. The van der Waals surface area contributed by atoms with Crippen LogP contribution in [0.2, 0.25) is 0 Å². The first kappa shape index (κ1) is 33.0. The summed E-state index contributed by atoms with van der Waals surface area (Å²) in [4.78, 5) is 24.5. The first-order valence-electron chi connectivity index (χ1n) is 12.2. The summed E-state index contributed by atoms with van der Waals surface area (Å²) in [6.07, 6.45) is 5.40. The van der Waals surface area contributed by atoms with Crippen LogP contribution in [0.15, 0.2) is 35.5 Å². The molecule has 3 N–H and O–H groups in total. The Morgan fingerprint density at radius 3 is 2.20 bits per heavy atom. The Morgan fingerprint density at radius 1 is 1.03 bits per heavy atom. The van der Waals surface area contributed by atoms with Gasteiger partial charge in [-0.25, -0.2) is 4.79 Å². The molecular weight excluding hydrogens is 452 g/mol. The number of ether oxygens (including phenoxy) is 3. The van der Waals surface area contributed by atoms with E-state index in [1.165, 1.54) is 25.9 Å². The van der Waals surface area contributed by atoms with Crippen molar-refractivity contribution in [3.63, 3.8) is 0 Å². The smallest absolute Gasteiger partial charge is 0.331 e. The van der Waals surface area contributed by atoms with E-state index in [4.69, 9.17) is 19.3 Å². The molecule has 0 aromatic carbocycles. The molecule has 6 atom stereocenters. The van der Waals surface area contributed by atoms with E-state index in [-0.39, 0.29) is 31.5 Å². The van der Waals surface area contributed by atoms with Crippen molar-refractivity contribution in [1.29, 1.82) is 0 Å². The molecule has 0 aromatic rings. The van der Waals surface area contributed by atoms with Gasteiger partial charge in [0, 0.05) is 32.3 Å². The van der Waals surface area contributed by atoms with Crippen molar-refractivity contribution in [3.05, 3.63) is 35.5 Å². The lowest BCUT2D eigenvalue weighted by Crippen LogP contribution is -2.46. The topological polar surface area (TPSA) is 123 Å². The quantitative estimate of drug-likeness (QED) is 0.121. The summed E-state index contributed by atoms with van der Waals surface area (Å²) in [5, 5.41) is 29.6. The van der Waals surface area contributed by atoms with Crippen molar-refractivity contribution in [1.82, 2.24) is 0 Å². The van der Waals surface area contributed by atoms with Crippen LogP contribution in [0.1, 0.15) is 60.3 Å². The first-order valence-corrected chi connectivity index (χ1v) is 12.2. The van der Waals surface area contributed by atoms with Gasteiger partial charge in [0.2, 0.25) is 0 Å². The molecule has 0 saturated heterocycles. The number of rotatable bonds is 17. The average molecular weight is 499 g/mol. The molecule has 0 saturated carbocycles. The monoisotopic (exact) mass is 498 g/mol. The second kappa shape index (κ2) is 18.3. The Labute approximate surface area is 210 Å². The molecule has 8 nitrogen and oxygen atoms in total. The molecule has 35 heavy (non-hydrogen) atoms. The van der Waals surface area contributed by atoms with Gasteiger partial charge >= 0.3 is 11.9 Å². The lowest BCUT2D eigenvalue weighted by molar-refractivity contribution is -0.170. The molecule has 0 aliphatic carbocycles. The molecule has 0 spiro atoms. The number of aliphatic hydroxyl groups is 3. The van der Waals surface area contributed by atoms with Crippen LogP contribution in [0, 0.1) is 17.8 Å². The highest BCUT2D eigenvalue weighted by Gasteiger charge is 2.36. The summed E-state index contributed by atoms with van der Waals surface area (Å²) in [5.41, 5.74) is 1.98. The molecule has 8 heteroatoms. The molecule has 0 amide bonds. The highest BCUT2D eigenvalue weighted by atomic mass is 16.6. The van der Waals surface area contributed by atoms with Crippen LogP contribution in [0.3, 0.4) is 0 Å². The largest absolute Gasteiger partial charge is 0.469 e. The average Bonchev–Trinajstić information content (AvgIpc) is 2.83. The van der Waals surface area contributed by atoms with Gasteiger partial charge in [-0.05, 0) is 51.9 Å². The SMILES string of the molecule is C/C=C(\C)C[C@H](C)C[C@@H](C)[C@H](O)[C@H](OC(=O)/C=C/C(C)=C/[C@H](CO)CCO)[C@@H](CC(=O)OC)OC. The van der Waals surface area contributed by atoms with Gasteiger partial charge in [0.15, 0.2) is 6.10 Å². The molecule has 0 aliphatic heterocycles. The molecule has 0 aromatic heterocycles. The minimum atomic E-state index is -1.08. The Kier molecular flexibility index (Phi) is 17.2. The zero-order valence-electron chi connectivity index (χ0n) is 22.4. The van der Waals surface area contributed by atoms with Crippen molar-refractivity contribution in [2.24, 2.45) is 17.8 Å². The predicted octanol–water partition coefficient (Wildman–Crippen LogP) is 3.35. The fourth-order valence-corrected chi connectivity index (χ4v) is 3.99. The van der Waals surface area contributed by atoms with Crippen LogP contribution < -0.4 is 0 Å². The first-order chi connectivity index (χ1) is 16.5. The number of methoxy groups -OCH3 is 2. The van der Waals surface area contributed by atoms with Gasteiger partial charge in [0.05, 0.1) is 19.6 Å². The van der Waals surface area contributed by atoms with Crippen molar-refractivity contribution in [2.45, 2.75) is 78.6 Å². The van der Waals surface area contributed by atoms with Gasteiger partial charge in [-0.15, -0.1) is 0 Å². The molecule has 0 heterocycles. The van der Waals surface area contributed by atoms with Crippen LogP contribution in [0.5, 0.6) is 0 Å². The predicted molar refractivity (Wildman–Crippen MR) is 135 cm³/mol. The number of hydrogen-bond donors (Lipinski definition) is 3. The third-order valence-corrected chi connectivity index (χ3v) is 6.09. The van der Waals surface area contributed by atoms with Crippen LogP contribution >= 0.6 is 0 Å². The third-order valence-electron chi connectivity index (χ3n) is 6.09. The van der Waals surface area contributed by atoms with E-state index in [1.54, 1.807) is 19.1 Å². The van der Waals surface area contributed by atoms with E-state index < -0.39 is 30.3 Å².